The minimum Gasteiger partial charge on any atom is -0.258 e. The molecule has 0 aliphatic rings. The zero-order chi connectivity index (χ0) is 10.1. The maximum absolute atomic E-state index is 4.45. The van der Waals surface area contributed by atoms with Crippen LogP contribution in [0.25, 0.3) is 11.3 Å². The Kier molecular flexibility index (Phi) is 2.33. The number of thiazole rings is 1. The van der Waals surface area contributed by atoms with Crippen LogP contribution in [0.4, 0.5) is 0 Å². The first-order chi connectivity index (χ1) is 6.65. The van der Waals surface area contributed by atoms with Crippen LogP contribution in [0.2, 0.25) is 0 Å². The Balaban J connectivity index is 2.51. The van der Waals surface area contributed by atoms with E-state index in [4.69, 9.17) is 0 Å². The van der Waals surface area contributed by atoms with Crippen LogP contribution in [-0.4, -0.2) is 9.97 Å². The lowest BCUT2D eigenvalue weighted by atomic mass is 10.1. The van der Waals surface area contributed by atoms with Crippen molar-refractivity contribution in [1.82, 2.24) is 9.97 Å². The fourth-order valence-corrected chi connectivity index (χ4v) is 2.10. The van der Waals surface area contributed by atoms with Crippen molar-refractivity contribution in [1.29, 1.82) is 0 Å². The van der Waals surface area contributed by atoms with E-state index in [0.717, 1.165) is 22.1 Å². The van der Waals surface area contributed by atoms with Gasteiger partial charge in [0.15, 0.2) is 0 Å². The molecule has 0 atom stereocenters. The minimum atomic E-state index is 1.05. The van der Waals surface area contributed by atoms with E-state index in [1.807, 2.05) is 20.8 Å². The van der Waals surface area contributed by atoms with Crippen molar-refractivity contribution in [2.75, 3.05) is 0 Å². The second-order valence-electron chi connectivity index (χ2n) is 3.39. The van der Waals surface area contributed by atoms with Gasteiger partial charge in [0.05, 0.1) is 10.7 Å². The summed E-state index contributed by atoms with van der Waals surface area (Å²) < 4.78 is 0. The van der Waals surface area contributed by atoms with Crippen LogP contribution in [0.15, 0.2) is 17.5 Å². The molecule has 72 valence electrons. The van der Waals surface area contributed by atoms with Crippen molar-refractivity contribution in [3.63, 3.8) is 0 Å². The molecular weight excluding hydrogens is 192 g/mol. The van der Waals surface area contributed by atoms with Gasteiger partial charge in [-0.05, 0) is 32.9 Å². The standard InChI is InChI=1S/C11H12N2S/c1-7-4-10(5-8(2)12-7)11-6-14-9(3)13-11/h4-6H,1-3H3. The van der Waals surface area contributed by atoms with E-state index in [0.29, 0.717) is 0 Å². The predicted molar refractivity (Wildman–Crippen MR) is 59.6 cm³/mol. The van der Waals surface area contributed by atoms with Crippen LogP contribution in [0.1, 0.15) is 16.4 Å². The number of hydrogen-bond donors (Lipinski definition) is 0. The topological polar surface area (TPSA) is 25.8 Å². The molecule has 2 nitrogen and oxygen atoms in total. The fraction of sp³-hybridized carbons (Fsp3) is 0.273. The maximum atomic E-state index is 4.45. The van der Waals surface area contributed by atoms with Gasteiger partial charge < -0.3 is 0 Å². The van der Waals surface area contributed by atoms with Gasteiger partial charge >= 0.3 is 0 Å². The first kappa shape index (κ1) is 9.34. The van der Waals surface area contributed by atoms with Crippen molar-refractivity contribution in [3.05, 3.63) is 33.9 Å². The van der Waals surface area contributed by atoms with Crippen LogP contribution in [0, 0.1) is 20.8 Å². The number of aromatic nitrogens is 2. The van der Waals surface area contributed by atoms with Crippen molar-refractivity contribution >= 4 is 11.3 Å². The molecule has 0 spiro atoms. The summed E-state index contributed by atoms with van der Waals surface area (Å²) in [6.07, 6.45) is 0. The van der Waals surface area contributed by atoms with Crippen molar-refractivity contribution in [3.8, 4) is 11.3 Å². The average molecular weight is 204 g/mol. The Morgan fingerprint density at radius 1 is 1.00 bits per heavy atom. The summed E-state index contributed by atoms with van der Waals surface area (Å²) in [5.41, 5.74) is 4.32. The highest BCUT2D eigenvalue weighted by molar-refractivity contribution is 7.09. The molecule has 2 aromatic heterocycles. The number of hydrogen-bond acceptors (Lipinski definition) is 3. The third kappa shape index (κ3) is 1.82. The molecule has 0 bridgehead atoms. The summed E-state index contributed by atoms with van der Waals surface area (Å²) in [4.78, 5) is 8.80. The van der Waals surface area contributed by atoms with Crippen LogP contribution in [0.3, 0.4) is 0 Å². The highest BCUT2D eigenvalue weighted by atomic mass is 32.1. The van der Waals surface area contributed by atoms with Crippen molar-refractivity contribution in [2.45, 2.75) is 20.8 Å². The number of nitrogens with zero attached hydrogens (tertiary/aromatic N) is 2. The van der Waals surface area contributed by atoms with Gasteiger partial charge in [-0.15, -0.1) is 11.3 Å². The molecule has 2 rings (SSSR count). The molecule has 0 unspecified atom stereocenters. The minimum absolute atomic E-state index is 1.05. The van der Waals surface area contributed by atoms with Gasteiger partial charge in [-0.1, -0.05) is 0 Å². The molecular formula is C11H12N2S. The van der Waals surface area contributed by atoms with E-state index in [1.165, 1.54) is 5.56 Å². The van der Waals surface area contributed by atoms with Crippen molar-refractivity contribution in [2.24, 2.45) is 0 Å². The second kappa shape index (κ2) is 3.50. The third-order valence-corrected chi connectivity index (χ3v) is 2.77. The summed E-state index contributed by atoms with van der Waals surface area (Å²) in [6.45, 7) is 6.04. The zero-order valence-electron chi connectivity index (χ0n) is 8.53. The van der Waals surface area contributed by atoms with Crippen molar-refractivity contribution < 1.29 is 0 Å². The zero-order valence-corrected chi connectivity index (χ0v) is 9.35. The molecule has 2 heterocycles. The highest BCUT2D eigenvalue weighted by Crippen LogP contribution is 2.22. The number of pyridine rings is 1. The average Bonchev–Trinajstić information content (AvgIpc) is 2.50. The lowest BCUT2D eigenvalue weighted by Crippen LogP contribution is -1.88. The van der Waals surface area contributed by atoms with Gasteiger partial charge in [-0.25, -0.2) is 4.98 Å². The van der Waals surface area contributed by atoms with E-state index < -0.39 is 0 Å². The fourth-order valence-electron chi connectivity index (χ4n) is 1.48. The largest absolute Gasteiger partial charge is 0.258 e. The summed E-state index contributed by atoms with van der Waals surface area (Å²) in [6, 6.07) is 4.14. The molecule has 0 amide bonds. The molecule has 14 heavy (non-hydrogen) atoms. The van der Waals surface area contributed by atoms with E-state index in [2.05, 4.69) is 27.5 Å². The Morgan fingerprint density at radius 2 is 1.64 bits per heavy atom. The Bertz CT molecular complexity index is 440. The molecule has 3 heteroatoms. The highest BCUT2D eigenvalue weighted by Gasteiger charge is 2.03. The Morgan fingerprint density at radius 3 is 2.14 bits per heavy atom. The lowest BCUT2D eigenvalue weighted by Gasteiger charge is -2.00. The summed E-state index contributed by atoms with van der Waals surface area (Å²) in [5, 5.41) is 3.19. The van der Waals surface area contributed by atoms with Gasteiger partial charge in [-0.3, -0.25) is 4.98 Å². The Labute approximate surface area is 87.7 Å². The van der Waals surface area contributed by atoms with E-state index in [1.54, 1.807) is 11.3 Å². The molecule has 2 aromatic rings. The lowest BCUT2D eigenvalue weighted by molar-refractivity contribution is 1.12. The smallest absolute Gasteiger partial charge is 0.0901 e. The molecule has 0 saturated heterocycles. The molecule has 0 N–H and O–H groups in total. The van der Waals surface area contributed by atoms with Gasteiger partial charge in [0.1, 0.15) is 0 Å². The quantitative estimate of drug-likeness (QED) is 0.713. The predicted octanol–water partition coefficient (Wildman–Crippen LogP) is 3.13. The first-order valence-electron chi connectivity index (χ1n) is 4.53. The third-order valence-electron chi connectivity index (χ3n) is 2.00. The Hall–Kier alpha value is -1.22. The summed E-state index contributed by atoms with van der Waals surface area (Å²) >= 11 is 1.68. The van der Waals surface area contributed by atoms with E-state index in [-0.39, 0.29) is 0 Å². The van der Waals surface area contributed by atoms with E-state index in [9.17, 15) is 0 Å². The molecule has 0 fully saturated rings. The SMILES string of the molecule is Cc1cc(-c2csc(C)n2)cc(C)n1. The molecule has 0 radical (unpaired) electrons. The van der Waals surface area contributed by atoms with Gasteiger partial charge in [-0.2, -0.15) is 0 Å². The van der Waals surface area contributed by atoms with Crippen LogP contribution >= 0.6 is 11.3 Å². The van der Waals surface area contributed by atoms with Crippen LogP contribution in [-0.2, 0) is 0 Å². The normalized spacial score (nSPS) is 10.5. The van der Waals surface area contributed by atoms with Gasteiger partial charge in [0, 0.05) is 22.3 Å². The first-order valence-corrected chi connectivity index (χ1v) is 5.41. The van der Waals surface area contributed by atoms with E-state index >= 15 is 0 Å². The molecule has 0 aliphatic heterocycles. The maximum Gasteiger partial charge on any atom is 0.0901 e. The van der Waals surface area contributed by atoms with Crippen LogP contribution in [0.5, 0.6) is 0 Å². The molecule has 0 aromatic carbocycles. The number of rotatable bonds is 1. The number of aryl methyl sites for hydroxylation is 3. The second-order valence-corrected chi connectivity index (χ2v) is 4.45. The summed E-state index contributed by atoms with van der Waals surface area (Å²) in [5.74, 6) is 0. The van der Waals surface area contributed by atoms with Crippen LogP contribution < -0.4 is 0 Å². The van der Waals surface area contributed by atoms with Gasteiger partial charge in [0.2, 0.25) is 0 Å². The molecule has 0 aliphatic carbocycles. The molecule has 0 saturated carbocycles. The van der Waals surface area contributed by atoms with Gasteiger partial charge in [0.25, 0.3) is 0 Å². The monoisotopic (exact) mass is 204 g/mol. The summed E-state index contributed by atoms with van der Waals surface area (Å²) in [7, 11) is 0.